The number of amides is 2. The summed E-state index contributed by atoms with van der Waals surface area (Å²) in [6.45, 7) is -0.444. The third-order valence-corrected chi connectivity index (χ3v) is 3.09. The molecule has 0 bridgehead atoms. The molecule has 1 aromatic carbocycles. The summed E-state index contributed by atoms with van der Waals surface area (Å²) < 4.78 is 40.3. The molecule has 116 valence electrons. The van der Waals surface area contributed by atoms with Gasteiger partial charge in [-0.15, -0.1) is 0 Å². The molecule has 0 aliphatic carbocycles. The van der Waals surface area contributed by atoms with Crippen molar-refractivity contribution in [2.24, 2.45) is 0 Å². The smallest absolute Gasteiger partial charge is 0.397 e. The molecule has 1 saturated heterocycles. The Bertz CT molecular complexity index is 508. The van der Waals surface area contributed by atoms with Crippen LogP contribution < -0.4 is 10.6 Å². The van der Waals surface area contributed by atoms with Gasteiger partial charge < -0.3 is 15.4 Å². The topological polar surface area (TPSA) is 58.8 Å². The highest BCUT2D eigenvalue weighted by Crippen LogP contribution is 2.26. The maximum atomic E-state index is 12.2. The van der Waals surface area contributed by atoms with E-state index in [0.717, 1.165) is 0 Å². The number of anilines is 2. The van der Waals surface area contributed by atoms with E-state index in [1.807, 2.05) is 0 Å². The van der Waals surface area contributed by atoms with Crippen LogP contribution in [0.3, 0.4) is 0 Å². The summed E-state index contributed by atoms with van der Waals surface area (Å²) in [6.07, 6.45) is -4.35. The first-order chi connectivity index (χ1) is 9.88. The summed E-state index contributed by atoms with van der Waals surface area (Å²) in [7, 11) is 0. The van der Waals surface area contributed by atoms with Gasteiger partial charge in [-0.05, 0) is 12.1 Å². The minimum absolute atomic E-state index is 0.123. The summed E-state index contributed by atoms with van der Waals surface area (Å²) in [5.74, 6) is 0. The molecule has 21 heavy (non-hydrogen) atoms. The fraction of sp³-hybridized carbons (Fsp3) is 0.462. The molecule has 1 aliphatic heterocycles. The van der Waals surface area contributed by atoms with E-state index in [4.69, 9.17) is 5.73 Å². The Labute approximate surface area is 120 Å². The van der Waals surface area contributed by atoms with Gasteiger partial charge in [0.1, 0.15) is 6.61 Å². The van der Waals surface area contributed by atoms with Gasteiger partial charge in [0.2, 0.25) is 0 Å². The van der Waals surface area contributed by atoms with Crippen molar-refractivity contribution in [3.63, 3.8) is 0 Å². The molecule has 1 fully saturated rings. The van der Waals surface area contributed by atoms with E-state index in [0.29, 0.717) is 24.5 Å². The van der Waals surface area contributed by atoms with Gasteiger partial charge in [-0.3, -0.25) is 4.90 Å². The molecule has 1 aromatic rings. The number of hydrogen-bond acceptors (Lipinski definition) is 3. The Morgan fingerprint density at radius 2 is 1.95 bits per heavy atom. The average molecular weight is 303 g/mol. The molecular formula is C13H16F3N3O2. The van der Waals surface area contributed by atoms with Gasteiger partial charge in [-0.25, -0.2) is 4.79 Å². The maximum Gasteiger partial charge on any atom is 0.411 e. The van der Waals surface area contributed by atoms with Crippen molar-refractivity contribution in [3.05, 3.63) is 24.3 Å². The molecule has 1 heterocycles. The van der Waals surface area contributed by atoms with Gasteiger partial charge in [-0.2, -0.15) is 13.2 Å². The van der Waals surface area contributed by atoms with E-state index in [1.54, 1.807) is 24.3 Å². The van der Waals surface area contributed by atoms with Crippen LogP contribution in [0.15, 0.2) is 24.3 Å². The number of hydrogen-bond donors (Lipinski definition) is 1. The Balaban J connectivity index is 1.86. The van der Waals surface area contributed by atoms with E-state index in [-0.39, 0.29) is 19.2 Å². The standard InChI is InChI=1S/C13H16F3N3O2/c14-13(15,16)9-21-8-7-18-5-6-19(12(18)20)11-4-2-1-3-10(11)17/h1-4H,5-9,17H2. The van der Waals surface area contributed by atoms with Crippen molar-refractivity contribution in [3.8, 4) is 0 Å². The van der Waals surface area contributed by atoms with Crippen molar-refractivity contribution in [2.75, 3.05) is 43.5 Å². The largest absolute Gasteiger partial charge is 0.411 e. The first-order valence-electron chi connectivity index (χ1n) is 6.44. The maximum absolute atomic E-state index is 12.2. The Morgan fingerprint density at radius 3 is 2.62 bits per heavy atom. The monoisotopic (exact) mass is 303 g/mol. The molecule has 0 unspecified atom stereocenters. The summed E-state index contributed by atoms with van der Waals surface area (Å²) in [6, 6.07) is 6.69. The van der Waals surface area contributed by atoms with E-state index in [9.17, 15) is 18.0 Å². The summed E-state index contributed by atoms with van der Waals surface area (Å²) in [5.41, 5.74) is 6.91. The highest BCUT2D eigenvalue weighted by molar-refractivity contribution is 5.97. The number of urea groups is 1. The van der Waals surface area contributed by atoms with Crippen molar-refractivity contribution in [1.82, 2.24) is 4.90 Å². The molecule has 0 aromatic heterocycles. The molecular weight excluding hydrogens is 287 g/mol. The molecule has 0 radical (unpaired) electrons. The number of benzene rings is 1. The number of nitrogens with two attached hydrogens (primary N) is 1. The fourth-order valence-corrected chi connectivity index (χ4v) is 2.11. The third-order valence-electron chi connectivity index (χ3n) is 3.09. The molecule has 0 spiro atoms. The average Bonchev–Trinajstić information content (AvgIpc) is 2.76. The second-order valence-corrected chi connectivity index (χ2v) is 4.65. The summed E-state index contributed by atoms with van der Waals surface area (Å²) in [5, 5.41) is 0. The molecule has 2 rings (SSSR count). The van der Waals surface area contributed by atoms with Gasteiger partial charge in [0.15, 0.2) is 0 Å². The number of nitrogens with zero attached hydrogens (tertiary/aromatic N) is 2. The predicted molar refractivity (Wildman–Crippen MR) is 72.0 cm³/mol. The van der Waals surface area contributed by atoms with Crippen LogP contribution in [0.5, 0.6) is 0 Å². The van der Waals surface area contributed by atoms with Crippen molar-refractivity contribution < 1.29 is 22.7 Å². The summed E-state index contributed by atoms with van der Waals surface area (Å²) >= 11 is 0. The molecule has 8 heteroatoms. The normalized spacial score (nSPS) is 15.9. The number of ether oxygens (including phenoxy) is 1. The number of para-hydroxylation sites is 2. The summed E-state index contributed by atoms with van der Waals surface area (Å²) in [4.78, 5) is 15.1. The van der Waals surface area contributed by atoms with E-state index < -0.39 is 12.8 Å². The molecule has 2 N–H and O–H groups in total. The molecule has 2 amide bonds. The van der Waals surface area contributed by atoms with Crippen molar-refractivity contribution in [1.29, 1.82) is 0 Å². The lowest BCUT2D eigenvalue weighted by molar-refractivity contribution is -0.174. The van der Waals surface area contributed by atoms with Gasteiger partial charge in [0.25, 0.3) is 0 Å². The zero-order valence-corrected chi connectivity index (χ0v) is 11.3. The first-order valence-corrected chi connectivity index (χ1v) is 6.44. The second kappa shape index (κ2) is 6.21. The van der Waals surface area contributed by atoms with Crippen LogP contribution in [-0.4, -0.2) is 50.0 Å². The van der Waals surface area contributed by atoms with Crippen LogP contribution in [0.4, 0.5) is 29.3 Å². The van der Waals surface area contributed by atoms with Crippen molar-refractivity contribution >= 4 is 17.4 Å². The lowest BCUT2D eigenvalue weighted by atomic mass is 10.2. The van der Waals surface area contributed by atoms with E-state index in [1.165, 1.54) is 9.80 Å². The van der Waals surface area contributed by atoms with E-state index in [2.05, 4.69) is 4.74 Å². The Hall–Kier alpha value is -1.96. The molecule has 0 saturated carbocycles. The number of nitrogen functional groups attached to an aromatic ring is 1. The Kier molecular flexibility index (Phi) is 4.56. The number of rotatable bonds is 5. The number of alkyl halides is 3. The number of halogens is 3. The zero-order chi connectivity index (χ0) is 15.5. The van der Waals surface area contributed by atoms with Crippen molar-refractivity contribution in [2.45, 2.75) is 6.18 Å². The van der Waals surface area contributed by atoms with Crippen LogP contribution in [0.1, 0.15) is 0 Å². The SMILES string of the molecule is Nc1ccccc1N1CCN(CCOCC(F)(F)F)C1=O. The third kappa shape index (κ3) is 4.01. The molecule has 5 nitrogen and oxygen atoms in total. The zero-order valence-electron chi connectivity index (χ0n) is 11.3. The van der Waals surface area contributed by atoms with Gasteiger partial charge >= 0.3 is 12.2 Å². The lowest BCUT2D eigenvalue weighted by Gasteiger charge is -2.20. The van der Waals surface area contributed by atoms with E-state index >= 15 is 0 Å². The van der Waals surface area contributed by atoms with Crippen LogP contribution in [-0.2, 0) is 4.74 Å². The lowest BCUT2D eigenvalue weighted by Crippen LogP contribution is -2.34. The van der Waals surface area contributed by atoms with Crippen LogP contribution >= 0.6 is 0 Å². The highest BCUT2D eigenvalue weighted by atomic mass is 19.4. The van der Waals surface area contributed by atoms with Crippen LogP contribution in [0, 0.1) is 0 Å². The van der Waals surface area contributed by atoms with Gasteiger partial charge in [0.05, 0.1) is 18.0 Å². The van der Waals surface area contributed by atoms with Gasteiger partial charge in [-0.1, -0.05) is 12.1 Å². The second-order valence-electron chi connectivity index (χ2n) is 4.65. The minimum Gasteiger partial charge on any atom is -0.397 e. The van der Waals surface area contributed by atoms with Crippen LogP contribution in [0.25, 0.3) is 0 Å². The molecule has 0 atom stereocenters. The minimum atomic E-state index is -4.35. The predicted octanol–water partition coefficient (Wildman–Crippen LogP) is 2.09. The fourth-order valence-electron chi connectivity index (χ4n) is 2.11. The molecule has 1 aliphatic rings. The van der Waals surface area contributed by atoms with Crippen LogP contribution in [0.2, 0.25) is 0 Å². The quantitative estimate of drug-likeness (QED) is 0.669. The van der Waals surface area contributed by atoms with Gasteiger partial charge in [0, 0.05) is 19.6 Å². The number of carbonyl (C=O) groups is 1. The highest BCUT2D eigenvalue weighted by Gasteiger charge is 2.31. The number of carbonyl (C=O) groups excluding carboxylic acids is 1. The Morgan fingerprint density at radius 1 is 1.24 bits per heavy atom. The first kappa shape index (κ1) is 15.4.